The third-order valence-corrected chi connectivity index (χ3v) is 5.62. The lowest BCUT2D eigenvalue weighted by molar-refractivity contribution is -0.149. The molecule has 29 heavy (non-hydrogen) atoms. The zero-order valence-electron chi connectivity index (χ0n) is 17.2. The molecule has 7 nitrogen and oxygen atoms in total. The number of carbonyl (C=O) groups excluding carboxylic acids is 2. The Labute approximate surface area is 171 Å². The monoisotopic (exact) mass is 401 g/mol. The Morgan fingerprint density at radius 1 is 1.03 bits per heavy atom. The molecule has 1 aromatic heterocycles. The molecule has 0 unspecified atom stereocenters. The van der Waals surface area contributed by atoms with Gasteiger partial charge in [0.2, 0.25) is 0 Å². The first kappa shape index (κ1) is 21.1. The lowest BCUT2D eigenvalue weighted by Crippen LogP contribution is -2.38. The molecule has 7 heteroatoms. The molecule has 158 valence electrons. The SMILES string of the molecule is CCn1c(=O)n(CCC(=O)OCC(=O)NC2CCCCCCC2)c2ccccc21. The van der Waals surface area contributed by atoms with Crippen molar-refractivity contribution in [1.29, 1.82) is 0 Å². The Hall–Kier alpha value is -2.57. The predicted molar refractivity (Wildman–Crippen MR) is 112 cm³/mol. The second-order valence-corrected chi connectivity index (χ2v) is 7.69. The minimum atomic E-state index is -0.474. The van der Waals surface area contributed by atoms with Crippen LogP contribution in [-0.2, 0) is 27.4 Å². The van der Waals surface area contributed by atoms with Gasteiger partial charge in [0.25, 0.3) is 5.91 Å². The van der Waals surface area contributed by atoms with Crippen LogP contribution in [0.3, 0.4) is 0 Å². The normalized spacial score (nSPS) is 15.6. The van der Waals surface area contributed by atoms with Crippen LogP contribution in [0, 0.1) is 0 Å². The number of benzene rings is 1. The number of nitrogens with one attached hydrogen (secondary N) is 1. The quantitative estimate of drug-likeness (QED) is 0.723. The first-order chi connectivity index (χ1) is 14.1. The maximum atomic E-state index is 12.6. The minimum absolute atomic E-state index is 0.0499. The number of hydrogen-bond donors (Lipinski definition) is 1. The largest absolute Gasteiger partial charge is 0.456 e. The van der Waals surface area contributed by atoms with Crippen LogP contribution in [0.4, 0.5) is 0 Å². The highest BCUT2D eigenvalue weighted by Crippen LogP contribution is 2.17. The molecule has 3 rings (SSSR count). The van der Waals surface area contributed by atoms with Gasteiger partial charge in [0.1, 0.15) is 0 Å². The summed E-state index contributed by atoms with van der Waals surface area (Å²) in [5.74, 6) is -0.721. The molecule has 1 aliphatic rings. The summed E-state index contributed by atoms with van der Waals surface area (Å²) in [6, 6.07) is 7.71. The van der Waals surface area contributed by atoms with E-state index in [1.54, 1.807) is 9.13 Å². The first-order valence-corrected chi connectivity index (χ1v) is 10.7. The number of rotatable bonds is 7. The molecule has 2 aromatic rings. The average molecular weight is 402 g/mol. The van der Waals surface area contributed by atoms with Gasteiger partial charge in [-0.05, 0) is 31.9 Å². The fraction of sp³-hybridized carbons (Fsp3) is 0.591. The van der Waals surface area contributed by atoms with Crippen molar-refractivity contribution in [2.24, 2.45) is 0 Å². The molecular weight excluding hydrogens is 370 g/mol. The number of para-hydroxylation sites is 2. The summed E-state index contributed by atoms with van der Waals surface area (Å²) in [7, 11) is 0. The number of imidazole rings is 1. The Morgan fingerprint density at radius 2 is 1.66 bits per heavy atom. The molecule has 0 atom stereocenters. The van der Waals surface area contributed by atoms with Crippen molar-refractivity contribution in [1.82, 2.24) is 14.5 Å². The maximum Gasteiger partial charge on any atom is 0.329 e. The van der Waals surface area contributed by atoms with E-state index in [9.17, 15) is 14.4 Å². The number of amides is 1. The predicted octanol–water partition coefficient (Wildman–Crippen LogP) is 2.99. The summed E-state index contributed by atoms with van der Waals surface area (Å²) < 4.78 is 8.41. The number of aryl methyl sites for hydroxylation is 2. The fourth-order valence-corrected chi connectivity index (χ4v) is 4.09. The van der Waals surface area contributed by atoms with Crippen LogP contribution in [0.25, 0.3) is 11.0 Å². The molecule has 1 aromatic carbocycles. The molecule has 0 radical (unpaired) electrons. The van der Waals surface area contributed by atoms with Crippen molar-refractivity contribution in [3.05, 3.63) is 34.7 Å². The van der Waals surface area contributed by atoms with Crippen molar-refractivity contribution < 1.29 is 14.3 Å². The van der Waals surface area contributed by atoms with E-state index in [4.69, 9.17) is 4.74 Å². The second-order valence-electron chi connectivity index (χ2n) is 7.69. The average Bonchev–Trinajstić information content (AvgIpc) is 2.97. The topological polar surface area (TPSA) is 82.3 Å². The van der Waals surface area contributed by atoms with E-state index >= 15 is 0 Å². The van der Waals surface area contributed by atoms with Crippen molar-refractivity contribution in [3.8, 4) is 0 Å². The highest BCUT2D eigenvalue weighted by Gasteiger charge is 2.16. The molecule has 1 amide bonds. The van der Waals surface area contributed by atoms with Gasteiger partial charge >= 0.3 is 11.7 Å². The number of fused-ring (bicyclic) bond motifs is 1. The number of aromatic nitrogens is 2. The molecular formula is C22H31N3O4. The zero-order chi connectivity index (χ0) is 20.6. The summed E-state index contributed by atoms with van der Waals surface area (Å²) >= 11 is 0. The molecule has 0 aliphatic heterocycles. The van der Waals surface area contributed by atoms with Crippen LogP contribution in [0.5, 0.6) is 0 Å². The first-order valence-electron chi connectivity index (χ1n) is 10.7. The molecule has 1 heterocycles. The Kier molecular flexibility index (Phi) is 7.49. The van der Waals surface area contributed by atoms with E-state index in [-0.39, 0.29) is 37.2 Å². The smallest absolute Gasteiger partial charge is 0.329 e. The molecule has 1 saturated carbocycles. The standard InChI is InChI=1S/C22H31N3O4/c1-2-24-18-12-8-9-13-19(18)25(22(24)28)15-14-21(27)29-16-20(26)23-17-10-6-4-3-5-7-11-17/h8-9,12-13,17H,2-7,10-11,14-16H2,1H3,(H,23,26). The molecule has 0 spiro atoms. The van der Waals surface area contributed by atoms with E-state index < -0.39 is 5.97 Å². The molecule has 1 N–H and O–H groups in total. The van der Waals surface area contributed by atoms with Gasteiger partial charge in [0, 0.05) is 19.1 Å². The number of nitrogens with zero attached hydrogens (tertiary/aromatic N) is 2. The van der Waals surface area contributed by atoms with Crippen LogP contribution in [-0.4, -0.2) is 33.7 Å². The lowest BCUT2D eigenvalue weighted by atomic mass is 9.97. The second kappa shape index (κ2) is 10.3. The molecule has 1 aliphatic carbocycles. The Morgan fingerprint density at radius 3 is 2.31 bits per heavy atom. The summed E-state index contributed by atoms with van der Waals surface area (Å²) in [5, 5.41) is 2.99. The van der Waals surface area contributed by atoms with Crippen LogP contribution >= 0.6 is 0 Å². The highest BCUT2D eigenvalue weighted by molar-refractivity contribution is 5.81. The van der Waals surface area contributed by atoms with Crippen LogP contribution in [0.1, 0.15) is 58.3 Å². The summed E-state index contributed by atoms with van der Waals surface area (Å²) in [5.41, 5.74) is 1.52. The molecule has 0 saturated heterocycles. The Bertz CT molecular complexity index is 891. The fourth-order valence-electron chi connectivity index (χ4n) is 4.09. The zero-order valence-corrected chi connectivity index (χ0v) is 17.2. The van der Waals surface area contributed by atoms with Gasteiger partial charge in [-0.1, -0.05) is 44.2 Å². The van der Waals surface area contributed by atoms with Crippen LogP contribution in [0.15, 0.2) is 29.1 Å². The van der Waals surface area contributed by atoms with E-state index in [1.807, 2.05) is 31.2 Å². The summed E-state index contributed by atoms with van der Waals surface area (Å²) in [6.45, 7) is 2.45. The minimum Gasteiger partial charge on any atom is -0.456 e. The van der Waals surface area contributed by atoms with Gasteiger partial charge in [0.15, 0.2) is 6.61 Å². The number of carbonyl (C=O) groups is 2. The van der Waals surface area contributed by atoms with Crippen molar-refractivity contribution in [3.63, 3.8) is 0 Å². The van der Waals surface area contributed by atoms with Gasteiger partial charge in [-0.2, -0.15) is 0 Å². The third-order valence-electron chi connectivity index (χ3n) is 5.62. The van der Waals surface area contributed by atoms with Crippen molar-refractivity contribution in [2.45, 2.75) is 77.4 Å². The molecule has 1 fully saturated rings. The van der Waals surface area contributed by atoms with Crippen LogP contribution < -0.4 is 11.0 Å². The van der Waals surface area contributed by atoms with Crippen LogP contribution in [0.2, 0.25) is 0 Å². The lowest BCUT2D eigenvalue weighted by Gasteiger charge is -2.20. The number of ether oxygens (including phenoxy) is 1. The van der Waals surface area contributed by atoms with E-state index in [0.717, 1.165) is 36.7 Å². The number of esters is 1. The van der Waals surface area contributed by atoms with Crippen molar-refractivity contribution >= 4 is 22.9 Å². The van der Waals surface area contributed by atoms with Crippen molar-refractivity contribution in [2.75, 3.05) is 6.61 Å². The third kappa shape index (κ3) is 5.49. The van der Waals surface area contributed by atoms with E-state index in [1.165, 1.54) is 19.3 Å². The molecule has 0 bridgehead atoms. The van der Waals surface area contributed by atoms with Gasteiger partial charge < -0.3 is 10.1 Å². The van der Waals surface area contributed by atoms with E-state index in [2.05, 4.69) is 5.32 Å². The maximum absolute atomic E-state index is 12.6. The summed E-state index contributed by atoms with van der Waals surface area (Å²) in [6.07, 6.45) is 8.00. The van der Waals surface area contributed by atoms with Gasteiger partial charge in [0.05, 0.1) is 17.5 Å². The van der Waals surface area contributed by atoms with Gasteiger partial charge in [-0.15, -0.1) is 0 Å². The highest BCUT2D eigenvalue weighted by atomic mass is 16.5. The van der Waals surface area contributed by atoms with Gasteiger partial charge in [-0.25, -0.2) is 4.79 Å². The summed E-state index contributed by atoms with van der Waals surface area (Å²) in [4.78, 5) is 36.8. The Balaban J connectivity index is 1.49. The number of hydrogen-bond acceptors (Lipinski definition) is 4. The van der Waals surface area contributed by atoms with Gasteiger partial charge in [-0.3, -0.25) is 18.7 Å². The van der Waals surface area contributed by atoms with E-state index in [0.29, 0.717) is 6.54 Å².